The van der Waals surface area contributed by atoms with Crippen LogP contribution in [0.4, 0.5) is 0 Å². The second-order valence-electron chi connectivity index (χ2n) is 37.9. The monoisotopic (exact) mass is 1720 g/mol. The molecule has 6 heteroatoms. The second kappa shape index (κ2) is 31.8. The minimum atomic E-state index is -0.0887. The first-order valence-electron chi connectivity index (χ1n) is 46.7. The Morgan fingerprint density at radius 2 is 0.437 bits per heavy atom. The lowest BCUT2D eigenvalue weighted by Gasteiger charge is -2.23. The van der Waals surface area contributed by atoms with Crippen LogP contribution in [0, 0.1) is 0 Å². The van der Waals surface area contributed by atoms with Crippen molar-refractivity contribution in [2.45, 2.75) is 57.8 Å². The normalized spacial score (nSPS) is 13.3. The maximum atomic E-state index is 4.65. The highest BCUT2D eigenvalue weighted by Gasteiger charge is 2.41. The average Bonchev–Trinajstić information content (AvgIpc) is 1.55. The van der Waals surface area contributed by atoms with E-state index in [1.165, 1.54) is 236 Å². The number of fused-ring (bicyclic) bond motifs is 18. The lowest BCUT2D eigenvalue weighted by Crippen LogP contribution is -2.14. The van der Waals surface area contributed by atoms with Crippen molar-refractivity contribution in [2.24, 2.45) is 0 Å². The van der Waals surface area contributed by atoms with Crippen LogP contribution < -0.4 is 0 Å². The zero-order chi connectivity index (χ0) is 90.4. The summed E-state index contributed by atoms with van der Waals surface area (Å²) in [4.78, 5) is 26.6. The van der Waals surface area contributed by atoms with E-state index in [0.29, 0.717) is 5.82 Å². The highest BCUT2D eigenvalue weighted by Crippen LogP contribution is 2.60. The maximum absolute atomic E-state index is 4.65. The molecule has 3 aromatic heterocycles. The quantitative estimate of drug-likeness (QED) is 0.134. The van der Waals surface area contributed by atoms with Crippen LogP contribution in [-0.2, 0) is 16.2 Å². The first-order chi connectivity index (χ1) is 66.3. The van der Waals surface area contributed by atoms with E-state index < -0.39 is 0 Å². The van der Waals surface area contributed by atoms with Crippen molar-refractivity contribution in [2.75, 3.05) is 0 Å². The molecular weight excluding hydrogens is 1630 g/mol. The molecule has 6 nitrogen and oxygen atoms in total. The predicted molar refractivity (Wildman–Crippen MR) is 565 cm³/mol. The van der Waals surface area contributed by atoms with Gasteiger partial charge in [0.15, 0.2) is 5.82 Å². The summed E-state index contributed by atoms with van der Waals surface area (Å²) in [5, 5.41) is 22.0. The molecule has 0 aliphatic heterocycles. The Kier molecular flexibility index (Phi) is 18.9. The number of hydrogen-bond donors (Lipinski definition) is 0. The molecule has 0 fully saturated rings. The summed E-state index contributed by atoms with van der Waals surface area (Å²) in [6.45, 7) is 14.1. The first-order valence-corrected chi connectivity index (χ1v) is 46.7. The topological polar surface area (TPSA) is 77.3 Å². The third-order valence-electron chi connectivity index (χ3n) is 29.5. The summed E-state index contributed by atoms with van der Waals surface area (Å²) in [5.74, 6) is 0.681. The van der Waals surface area contributed by atoms with E-state index in [2.05, 4.69) is 466 Å². The van der Waals surface area contributed by atoms with Gasteiger partial charge in [-0.2, -0.15) is 0 Å². The van der Waals surface area contributed by atoms with Crippen LogP contribution in [0.2, 0.25) is 0 Å². The molecule has 0 spiro atoms. The van der Waals surface area contributed by atoms with E-state index >= 15 is 0 Å². The van der Waals surface area contributed by atoms with Crippen molar-refractivity contribution >= 4 is 97.0 Å². The lowest BCUT2D eigenvalue weighted by molar-refractivity contribution is 0.660. The van der Waals surface area contributed by atoms with E-state index in [-0.39, 0.29) is 16.2 Å². The minimum absolute atomic E-state index is 0.0687. The van der Waals surface area contributed by atoms with Crippen molar-refractivity contribution in [1.29, 1.82) is 0 Å². The molecule has 0 bridgehead atoms. The number of nitrogens with zero attached hydrogens (tertiary/aromatic N) is 6. The van der Waals surface area contributed by atoms with E-state index in [0.717, 1.165) is 21.9 Å². The molecule has 27 rings (SSSR count). The lowest BCUT2D eigenvalue weighted by atomic mass is 9.80. The maximum Gasteiger partial charge on any atom is 0.163 e. The largest absolute Gasteiger partial charge is 0.265 e. The molecule has 24 aromatic rings. The SMILES string of the molecule is CC1(C)c2ccccc2-c2c(-c3c4ccccc4c(-c4ccncc4)c4ccc(-c5ccc6ccccc6c5)cc34)cccc21.CC1(C)c2ccccc2-c2c(-c3c4ccccc4c(-c4cncnc4)c4ccc(-c5ccc6ccccc6c5)cc34)cccc21.CC1(C)c2ccccc2-c2c(-c3c4ccccc4c(-c4ncncn4)c4ccc(-c5ccc6ccccc6c5)cc34)cccc21. The highest BCUT2D eigenvalue weighted by molar-refractivity contribution is 6.27. The van der Waals surface area contributed by atoms with Gasteiger partial charge in [-0.3, -0.25) is 4.98 Å². The number of rotatable bonds is 9. The standard InChI is InChI=1S/C44H31N.C43H30N2.C42H29N3/c1-44(2)39-16-8-7-14-36(39)43-37(15-9-17-40(43)44)42-34-13-6-5-12-33(34)41(29-22-24-45-25-23-29)35-21-20-32(27-38(35)42)31-19-18-28-10-3-4-11-30(28)26-31;1-43(2)38-16-8-7-14-35(38)42-36(15-9-17-39(42)43)41-33-13-6-5-12-32(33)40(31-24-44-26-45-25-31)34-21-20-30(23-37(34)41)29-19-18-27-10-3-4-11-28(27)22-29;1-42(2)36-16-8-7-14-33(36)39-34(15-9-17-37(39)42)38-30-12-5-6-13-31(30)40(41-44-24-43-25-45-41)32-21-20-29(23-35(32)38)28-19-18-26-10-3-4-11-27(26)22-28/h3-27H,1-2H3;3-26H,1-2H3;3-25H,1-2H3. The summed E-state index contributed by atoms with van der Waals surface area (Å²) in [6.07, 6.45) is 12.4. The van der Waals surface area contributed by atoms with E-state index in [4.69, 9.17) is 0 Å². The van der Waals surface area contributed by atoms with Crippen LogP contribution in [0.3, 0.4) is 0 Å². The van der Waals surface area contributed by atoms with Gasteiger partial charge in [0.2, 0.25) is 0 Å². The molecule has 21 aromatic carbocycles. The van der Waals surface area contributed by atoms with E-state index in [1.807, 2.05) is 24.8 Å². The second-order valence-corrected chi connectivity index (χ2v) is 37.9. The highest BCUT2D eigenvalue weighted by atomic mass is 15.0. The summed E-state index contributed by atoms with van der Waals surface area (Å²) in [5.41, 5.74) is 36.6. The molecule has 3 aliphatic rings. The van der Waals surface area contributed by atoms with Gasteiger partial charge in [-0.05, 0) is 290 Å². The summed E-state index contributed by atoms with van der Waals surface area (Å²) in [6, 6.07) is 145. The minimum Gasteiger partial charge on any atom is -0.265 e. The van der Waals surface area contributed by atoms with Crippen LogP contribution in [0.1, 0.15) is 74.9 Å². The number of benzene rings is 21. The molecule has 0 amide bonds. The molecule has 135 heavy (non-hydrogen) atoms. The van der Waals surface area contributed by atoms with Gasteiger partial charge in [0.05, 0.1) is 0 Å². The van der Waals surface area contributed by atoms with Gasteiger partial charge in [0.25, 0.3) is 0 Å². The number of pyridine rings is 1. The Labute approximate surface area is 784 Å². The fourth-order valence-corrected chi connectivity index (χ4v) is 23.1. The van der Waals surface area contributed by atoms with Crippen molar-refractivity contribution < 1.29 is 0 Å². The summed E-state index contributed by atoms with van der Waals surface area (Å²) < 4.78 is 0. The zero-order valence-electron chi connectivity index (χ0n) is 75.8. The molecule has 0 saturated heterocycles. The molecular formula is C129H90N6. The molecule has 0 unspecified atom stereocenters. The van der Waals surface area contributed by atoms with Gasteiger partial charge < -0.3 is 0 Å². The van der Waals surface area contributed by atoms with Crippen LogP contribution in [0.5, 0.6) is 0 Å². The summed E-state index contributed by atoms with van der Waals surface area (Å²) in [7, 11) is 0. The zero-order valence-corrected chi connectivity index (χ0v) is 75.8. The van der Waals surface area contributed by atoms with E-state index in [1.54, 1.807) is 19.0 Å². The number of aromatic nitrogens is 6. The Bertz CT molecular complexity index is 8190. The van der Waals surface area contributed by atoms with Gasteiger partial charge >= 0.3 is 0 Å². The average molecular weight is 1720 g/mol. The van der Waals surface area contributed by atoms with Crippen molar-refractivity contribution in [3.05, 3.63) is 471 Å². The van der Waals surface area contributed by atoms with Gasteiger partial charge in [-0.25, -0.2) is 24.9 Å². The first kappa shape index (κ1) is 80.3. The number of hydrogen-bond acceptors (Lipinski definition) is 6. The van der Waals surface area contributed by atoms with Crippen LogP contribution in [0.25, 0.3) is 231 Å². The third-order valence-corrected chi connectivity index (χ3v) is 29.5. The molecule has 636 valence electrons. The molecule has 0 saturated carbocycles. The molecule has 0 radical (unpaired) electrons. The van der Waals surface area contributed by atoms with Crippen LogP contribution in [0.15, 0.2) is 438 Å². The Morgan fingerprint density at radius 1 is 0.163 bits per heavy atom. The third kappa shape index (κ3) is 13.0. The van der Waals surface area contributed by atoms with Crippen LogP contribution >= 0.6 is 0 Å². The Hall–Kier alpha value is -16.8. The van der Waals surface area contributed by atoms with Crippen molar-refractivity contribution in [3.8, 4) is 134 Å². The molecule has 3 aliphatic carbocycles. The molecule has 0 atom stereocenters. The Morgan fingerprint density at radius 3 is 0.807 bits per heavy atom. The predicted octanol–water partition coefficient (Wildman–Crippen LogP) is 33.7. The van der Waals surface area contributed by atoms with E-state index in [9.17, 15) is 0 Å². The molecule has 3 heterocycles. The Balaban J connectivity index is 0.000000108. The van der Waals surface area contributed by atoms with Gasteiger partial charge in [-0.15, -0.1) is 0 Å². The van der Waals surface area contributed by atoms with Gasteiger partial charge in [0, 0.05) is 57.7 Å². The van der Waals surface area contributed by atoms with Gasteiger partial charge in [0.1, 0.15) is 19.0 Å². The van der Waals surface area contributed by atoms with Crippen molar-refractivity contribution in [3.63, 3.8) is 0 Å². The fraction of sp³-hybridized carbons (Fsp3) is 0.0698. The van der Waals surface area contributed by atoms with Gasteiger partial charge in [-0.1, -0.05) is 387 Å². The fourth-order valence-electron chi connectivity index (χ4n) is 23.1. The smallest absolute Gasteiger partial charge is 0.163 e. The van der Waals surface area contributed by atoms with Crippen molar-refractivity contribution in [1.82, 2.24) is 29.9 Å². The van der Waals surface area contributed by atoms with Crippen LogP contribution in [-0.4, -0.2) is 29.9 Å². The summed E-state index contributed by atoms with van der Waals surface area (Å²) >= 11 is 0. The molecule has 0 N–H and O–H groups in total.